The zero-order valence-corrected chi connectivity index (χ0v) is 18.1. The number of halogens is 3. The SMILES string of the molecule is Cl.Cl.[2H]C([2H])(OCC(=O)O)C([2H])([2H])N1CCN(C(c2ccccc2)c2cccc(Cl)c2)CC1. The molecular formula is C21H27Cl3N2O3. The van der Waals surface area contributed by atoms with Gasteiger partial charge in [-0.05, 0) is 23.3 Å². The number of ether oxygens (including phenoxy) is 1. The van der Waals surface area contributed by atoms with Crippen molar-refractivity contribution in [2.45, 2.75) is 6.04 Å². The predicted octanol–water partition coefficient (Wildman–Crippen LogP) is 3.99. The minimum Gasteiger partial charge on any atom is -0.480 e. The van der Waals surface area contributed by atoms with Gasteiger partial charge in [-0.3, -0.25) is 9.80 Å². The first-order valence-electron chi connectivity index (χ1n) is 10.8. The third-order valence-electron chi connectivity index (χ3n) is 4.43. The number of hydrogen-bond acceptors (Lipinski definition) is 4. The molecule has 0 radical (unpaired) electrons. The topological polar surface area (TPSA) is 53.0 Å². The van der Waals surface area contributed by atoms with Crippen molar-refractivity contribution in [1.82, 2.24) is 9.80 Å². The summed E-state index contributed by atoms with van der Waals surface area (Å²) in [6.45, 7) is -4.66. The van der Waals surface area contributed by atoms with Crippen molar-refractivity contribution in [1.29, 1.82) is 0 Å². The first-order valence-corrected chi connectivity index (χ1v) is 9.15. The van der Waals surface area contributed by atoms with E-state index in [4.69, 9.17) is 26.9 Å². The van der Waals surface area contributed by atoms with Crippen molar-refractivity contribution >= 4 is 42.4 Å². The maximum absolute atomic E-state index is 10.7. The molecule has 29 heavy (non-hydrogen) atoms. The lowest BCUT2D eigenvalue weighted by molar-refractivity contribution is -0.142. The van der Waals surface area contributed by atoms with Crippen LogP contribution in [0.25, 0.3) is 0 Å². The van der Waals surface area contributed by atoms with Crippen molar-refractivity contribution in [3.05, 3.63) is 70.7 Å². The van der Waals surface area contributed by atoms with Gasteiger partial charge >= 0.3 is 5.97 Å². The van der Waals surface area contributed by atoms with Crippen LogP contribution in [-0.4, -0.2) is 66.7 Å². The highest BCUT2D eigenvalue weighted by Gasteiger charge is 2.26. The van der Waals surface area contributed by atoms with Crippen molar-refractivity contribution in [2.75, 3.05) is 45.8 Å². The van der Waals surface area contributed by atoms with Gasteiger partial charge in [0.1, 0.15) is 6.61 Å². The maximum Gasteiger partial charge on any atom is 0.329 e. The average molecular weight is 466 g/mol. The lowest BCUT2D eigenvalue weighted by Crippen LogP contribution is -2.48. The Labute approximate surface area is 195 Å². The van der Waals surface area contributed by atoms with Crippen LogP contribution in [0, 0.1) is 0 Å². The van der Waals surface area contributed by atoms with Crippen LogP contribution in [0.2, 0.25) is 5.02 Å². The minimum atomic E-state index is -2.76. The Kier molecular flexibility index (Phi) is 8.83. The monoisotopic (exact) mass is 464 g/mol. The molecule has 1 aliphatic rings. The molecule has 0 aliphatic carbocycles. The van der Waals surface area contributed by atoms with E-state index in [-0.39, 0.29) is 43.9 Å². The highest BCUT2D eigenvalue weighted by molar-refractivity contribution is 6.30. The Morgan fingerprint density at radius 2 is 1.72 bits per heavy atom. The van der Waals surface area contributed by atoms with Crippen molar-refractivity contribution in [3.63, 3.8) is 0 Å². The Morgan fingerprint density at radius 3 is 2.34 bits per heavy atom. The van der Waals surface area contributed by atoms with Gasteiger partial charge in [-0.2, -0.15) is 0 Å². The highest BCUT2D eigenvalue weighted by Crippen LogP contribution is 2.30. The van der Waals surface area contributed by atoms with E-state index in [0.717, 1.165) is 11.1 Å². The molecule has 0 spiro atoms. The molecule has 1 fully saturated rings. The van der Waals surface area contributed by atoms with Crippen LogP contribution in [0.3, 0.4) is 0 Å². The van der Waals surface area contributed by atoms with E-state index in [1.165, 1.54) is 4.90 Å². The quantitative estimate of drug-likeness (QED) is 0.639. The van der Waals surface area contributed by atoms with Gasteiger partial charge in [0.15, 0.2) is 0 Å². The molecule has 0 bridgehead atoms. The van der Waals surface area contributed by atoms with Gasteiger partial charge in [0.2, 0.25) is 0 Å². The van der Waals surface area contributed by atoms with Gasteiger partial charge in [-0.15, -0.1) is 24.8 Å². The van der Waals surface area contributed by atoms with E-state index in [0.29, 0.717) is 18.1 Å². The van der Waals surface area contributed by atoms with Crippen LogP contribution in [0.4, 0.5) is 0 Å². The molecule has 3 rings (SSSR count). The maximum atomic E-state index is 10.7. The van der Waals surface area contributed by atoms with E-state index in [1.807, 2.05) is 54.6 Å². The molecule has 160 valence electrons. The fourth-order valence-electron chi connectivity index (χ4n) is 3.21. The standard InChI is InChI=1S/C21H25ClN2O3.2ClH/c22-19-8-4-7-18(15-19)21(17-5-2-1-3-6-17)24-11-9-23(10-12-24)13-14-27-16-20(25)26;;/h1-8,15,21H,9-14,16H2,(H,25,26);2*1H/i13D2,14D2;;. The van der Waals surface area contributed by atoms with Gasteiger partial charge in [-0.1, -0.05) is 54.1 Å². The normalized spacial score (nSPS) is 18.8. The third kappa shape index (κ3) is 7.78. The molecule has 1 atom stereocenters. The molecule has 0 saturated carbocycles. The lowest BCUT2D eigenvalue weighted by atomic mass is 9.96. The first kappa shape index (κ1) is 19.6. The van der Waals surface area contributed by atoms with Crippen molar-refractivity contribution in [3.8, 4) is 0 Å². The van der Waals surface area contributed by atoms with Crippen molar-refractivity contribution in [2.24, 2.45) is 0 Å². The molecule has 2 aromatic carbocycles. The fourth-order valence-corrected chi connectivity index (χ4v) is 3.41. The van der Waals surface area contributed by atoms with Crippen LogP contribution in [0.5, 0.6) is 0 Å². The molecule has 2 aromatic rings. The summed E-state index contributed by atoms with van der Waals surface area (Å²) in [5, 5.41) is 9.38. The van der Waals surface area contributed by atoms with Gasteiger partial charge in [0.25, 0.3) is 0 Å². The number of hydrogen-bond donors (Lipinski definition) is 1. The van der Waals surface area contributed by atoms with Gasteiger partial charge in [-0.25, -0.2) is 4.79 Å². The lowest BCUT2D eigenvalue weighted by Gasteiger charge is -2.39. The Balaban J connectivity index is 0.00000272. The van der Waals surface area contributed by atoms with E-state index in [9.17, 15) is 4.79 Å². The first-order chi connectivity index (χ1) is 14.6. The zero-order valence-electron chi connectivity index (χ0n) is 19.7. The summed E-state index contributed by atoms with van der Waals surface area (Å²) in [4.78, 5) is 14.3. The molecule has 0 amide bonds. The number of carboxylic acid groups (broad SMARTS) is 1. The zero-order chi connectivity index (χ0) is 22.6. The number of nitrogens with zero attached hydrogens (tertiary/aromatic N) is 2. The van der Waals surface area contributed by atoms with E-state index in [2.05, 4.69) is 4.90 Å². The van der Waals surface area contributed by atoms with E-state index < -0.39 is 25.6 Å². The number of carbonyl (C=O) groups is 1. The summed E-state index contributed by atoms with van der Waals surface area (Å²) in [7, 11) is 0. The number of rotatable bonds is 8. The second-order valence-electron chi connectivity index (χ2n) is 6.29. The van der Waals surface area contributed by atoms with Crippen molar-refractivity contribution < 1.29 is 20.1 Å². The molecule has 1 aliphatic heterocycles. The number of aliphatic carboxylic acids is 1. The molecular weight excluding hydrogens is 435 g/mol. The number of carboxylic acids is 1. The van der Waals surface area contributed by atoms with E-state index in [1.54, 1.807) is 0 Å². The summed E-state index contributed by atoms with van der Waals surface area (Å²) in [6, 6.07) is 17.5. The summed E-state index contributed by atoms with van der Waals surface area (Å²) in [6.07, 6.45) is 0. The fraction of sp³-hybridized carbons (Fsp3) is 0.381. The van der Waals surface area contributed by atoms with Gasteiger partial charge < -0.3 is 9.84 Å². The Hall–Kier alpha value is -1.34. The second-order valence-corrected chi connectivity index (χ2v) is 6.72. The minimum absolute atomic E-state index is 0. The molecule has 0 aromatic heterocycles. The highest BCUT2D eigenvalue weighted by atomic mass is 35.5. The summed E-state index contributed by atoms with van der Waals surface area (Å²) < 4.78 is 37.1. The molecule has 1 unspecified atom stereocenters. The summed E-state index contributed by atoms with van der Waals surface area (Å²) in [5.41, 5.74) is 2.11. The van der Waals surface area contributed by atoms with Crippen LogP contribution in [0.1, 0.15) is 22.7 Å². The molecule has 5 nitrogen and oxygen atoms in total. The number of benzene rings is 2. The smallest absolute Gasteiger partial charge is 0.329 e. The number of piperazine rings is 1. The Bertz CT molecular complexity index is 901. The van der Waals surface area contributed by atoms with Crippen LogP contribution >= 0.6 is 36.4 Å². The van der Waals surface area contributed by atoms with Crippen LogP contribution in [-0.2, 0) is 9.53 Å². The van der Waals surface area contributed by atoms with Crippen LogP contribution < -0.4 is 0 Å². The summed E-state index contributed by atoms with van der Waals surface area (Å²) >= 11 is 6.23. The third-order valence-corrected chi connectivity index (χ3v) is 4.67. The predicted molar refractivity (Wildman–Crippen MR) is 121 cm³/mol. The van der Waals surface area contributed by atoms with Gasteiger partial charge in [0, 0.05) is 40.4 Å². The average Bonchev–Trinajstić information content (AvgIpc) is 2.74. The molecule has 1 N–H and O–H groups in total. The second kappa shape index (κ2) is 13.1. The van der Waals surface area contributed by atoms with Gasteiger partial charge in [0.05, 0.1) is 15.3 Å². The van der Waals surface area contributed by atoms with E-state index >= 15 is 0 Å². The molecule has 1 saturated heterocycles. The largest absolute Gasteiger partial charge is 0.480 e. The Morgan fingerprint density at radius 1 is 1.07 bits per heavy atom. The molecule has 1 heterocycles. The van der Waals surface area contributed by atoms with Crippen LogP contribution in [0.15, 0.2) is 54.6 Å². The summed E-state index contributed by atoms with van der Waals surface area (Å²) in [5.74, 6) is -1.35. The molecule has 8 heteroatoms.